The van der Waals surface area contributed by atoms with Gasteiger partial charge in [0, 0.05) is 36.3 Å². The number of ether oxygens (including phenoxy) is 2. The van der Waals surface area contributed by atoms with Crippen LogP contribution in [0.25, 0.3) is 0 Å². The van der Waals surface area contributed by atoms with Gasteiger partial charge in [0.1, 0.15) is 5.75 Å². The molecule has 3 rings (SSSR count). The zero-order valence-corrected chi connectivity index (χ0v) is 12.2. The average molecular weight is 276 g/mol. The molecule has 1 saturated carbocycles. The molecule has 20 heavy (non-hydrogen) atoms. The van der Waals surface area contributed by atoms with Crippen molar-refractivity contribution in [3.8, 4) is 5.75 Å². The molecule has 1 aliphatic heterocycles. The van der Waals surface area contributed by atoms with E-state index in [-0.39, 0.29) is 5.41 Å². The molecular weight excluding hydrogens is 252 g/mol. The summed E-state index contributed by atoms with van der Waals surface area (Å²) in [5.74, 6) is 0.979. The van der Waals surface area contributed by atoms with Gasteiger partial charge in [-0.05, 0) is 31.0 Å². The van der Waals surface area contributed by atoms with Crippen molar-refractivity contribution in [1.29, 1.82) is 0 Å². The number of nitrogens with two attached hydrogens (primary N) is 1. The number of benzene rings is 1. The van der Waals surface area contributed by atoms with Crippen LogP contribution >= 0.6 is 0 Å². The van der Waals surface area contributed by atoms with Gasteiger partial charge in [0.05, 0.1) is 20.3 Å². The van der Waals surface area contributed by atoms with Gasteiger partial charge in [-0.2, -0.15) is 0 Å². The topological polar surface area (TPSA) is 47.7 Å². The first-order valence-corrected chi connectivity index (χ1v) is 7.50. The minimum Gasteiger partial charge on any atom is -0.496 e. The molecule has 1 saturated heterocycles. The molecule has 0 atom stereocenters. The number of methoxy groups -OCH3 is 1. The van der Waals surface area contributed by atoms with Gasteiger partial charge in [0.25, 0.3) is 0 Å². The fourth-order valence-electron chi connectivity index (χ4n) is 3.32. The van der Waals surface area contributed by atoms with E-state index >= 15 is 0 Å². The van der Waals surface area contributed by atoms with E-state index in [1.165, 1.54) is 30.5 Å². The van der Waals surface area contributed by atoms with E-state index in [0.29, 0.717) is 6.54 Å². The van der Waals surface area contributed by atoms with Crippen molar-refractivity contribution in [2.45, 2.75) is 24.7 Å². The Balaban J connectivity index is 1.94. The lowest BCUT2D eigenvalue weighted by Crippen LogP contribution is -2.42. The van der Waals surface area contributed by atoms with E-state index < -0.39 is 0 Å². The molecule has 0 bridgehead atoms. The van der Waals surface area contributed by atoms with Crippen molar-refractivity contribution in [2.75, 3.05) is 44.9 Å². The Kier molecular flexibility index (Phi) is 3.85. The lowest BCUT2D eigenvalue weighted by Gasteiger charge is -2.42. The number of nitrogens with zero attached hydrogens (tertiary/aromatic N) is 1. The summed E-state index contributed by atoms with van der Waals surface area (Å²) in [4.78, 5) is 2.38. The zero-order valence-electron chi connectivity index (χ0n) is 12.2. The largest absolute Gasteiger partial charge is 0.496 e. The summed E-state index contributed by atoms with van der Waals surface area (Å²) < 4.78 is 11.0. The van der Waals surface area contributed by atoms with Crippen molar-refractivity contribution < 1.29 is 9.47 Å². The van der Waals surface area contributed by atoms with Crippen LogP contribution in [-0.2, 0) is 10.2 Å². The van der Waals surface area contributed by atoms with Crippen molar-refractivity contribution in [2.24, 2.45) is 5.73 Å². The van der Waals surface area contributed by atoms with E-state index in [9.17, 15) is 0 Å². The molecule has 0 amide bonds. The van der Waals surface area contributed by atoms with Crippen LogP contribution in [0.1, 0.15) is 24.8 Å². The van der Waals surface area contributed by atoms with E-state index in [1.807, 2.05) is 0 Å². The molecule has 2 N–H and O–H groups in total. The maximum atomic E-state index is 6.06. The van der Waals surface area contributed by atoms with Gasteiger partial charge in [-0.15, -0.1) is 0 Å². The third kappa shape index (κ3) is 2.27. The normalized spacial score (nSPS) is 21.4. The molecule has 0 unspecified atom stereocenters. The van der Waals surface area contributed by atoms with Crippen molar-refractivity contribution >= 4 is 5.69 Å². The molecule has 1 aromatic rings. The Labute approximate surface area is 120 Å². The van der Waals surface area contributed by atoms with Crippen molar-refractivity contribution in [1.82, 2.24) is 0 Å². The predicted molar refractivity (Wildman–Crippen MR) is 80.6 cm³/mol. The summed E-state index contributed by atoms with van der Waals surface area (Å²) in [6.45, 7) is 4.24. The highest BCUT2D eigenvalue weighted by atomic mass is 16.5. The number of rotatable bonds is 4. The highest BCUT2D eigenvalue weighted by Gasteiger charge is 2.39. The maximum absolute atomic E-state index is 6.06. The minimum absolute atomic E-state index is 0.133. The summed E-state index contributed by atoms with van der Waals surface area (Å²) in [6.07, 6.45) is 3.61. The molecule has 4 nitrogen and oxygen atoms in total. The quantitative estimate of drug-likeness (QED) is 0.912. The fraction of sp³-hybridized carbons (Fsp3) is 0.625. The lowest BCUT2D eigenvalue weighted by molar-refractivity contribution is 0.122. The molecule has 1 aromatic carbocycles. The van der Waals surface area contributed by atoms with Crippen molar-refractivity contribution in [3.63, 3.8) is 0 Å². The van der Waals surface area contributed by atoms with E-state index in [1.54, 1.807) is 7.11 Å². The number of morpholine rings is 1. The van der Waals surface area contributed by atoms with Crippen LogP contribution in [0.3, 0.4) is 0 Å². The summed E-state index contributed by atoms with van der Waals surface area (Å²) in [5.41, 5.74) is 8.75. The van der Waals surface area contributed by atoms with E-state index in [2.05, 4.69) is 23.1 Å². The second-order valence-corrected chi connectivity index (χ2v) is 5.82. The number of hydrogen-bond donors (Lipinski definition) is 1. The van der Waals surface area contributed by atoms with Gasteiger partial charge in [0.15, 0.2) is 0 Å². The highest BCUT2D eigenvalue weighted by molar-refractivity contribution is 5.56. The average Bonchev–Trinajstić information content (AvgIpc) is 2.47. The molecule has 0 radical (unpaired) electrons. The maximum Gasteiger partial charge on any atom is 0.122 e. The van der Waals surface area contributed by atoms with E-state index in [4.69, 9.17) is 15.2 Å². The zero-order chi connectivity index (χ0) is 14.0. The molecule has 0 aromatic heterocycles. The Morgan fingerprint density at radius 1 is 1.30 bits per heavy atom. The minimum atomic E-state index is 0.133. The predicted octanol–water partition coefficient (Wildman–Crippen LogP) is 1.91. The molecular formula is C16H24N2O2. The Morgan fingerprint density at radius 2 is 2.05 bits per heavy atom. The summed E-state index contributed by atoms with van der Waals surface area (Å²) in [5, 5.41) is 0. The molecule has 110 valence electrons. The third-order valence-electron chi connectivity index (χ3n) is 4.83. The Morgan fingerprint density at radius 3 is 2.60 bits per heavy atom. The van der Waals surface area contributed by atoms with Crippen LogP contribution in [0.15, 0.2) is 18.2 Å². The summed E-state index contributed by atoms with van der Waals surface area (Å²) in [7, 11) is 1.75. The SMILES string of the molecule is COc1ccc(N2CCOCC2)cc1C1(CN)CCC1. The van der Waals surface area contributed by atoms with Crippen LogP contribution in [0, 0.1) is 0 Å². The first-order valence-electron chi connectivity index (χ1n) is 7.50. The van der Waals surface area contributed by atoms with Gasteiger partial charge in [-0.1, -0.05) is 6.42 Å². The van der Waals surface area contributed by atoms with Gasteiger partial charge in [0.2, 0.25) is 0 Å². The second-order valence-electron chi connectivity index (χ2n) is 5.82. The smallest absolute Gasteiger partial charge is 0.122 e. The molecule has 4 heteroatoms. The van der Waals surface area contributed by atoms with Crippen LogP contribution in [0.5, 0.6) is 5.75 Å². The molecule has 0 spiro atoms. The lowest BCUT2D eigenvalue weighted by atomic mass is 9.64. The van der Waals surface area contributed by atoms with Crippen molar-refractivity contribution in [3.05, 3.63) is 23.8 Å². The highest BCUT2D eigenvalue weighted by Crippen LogP contribution is 2.47. The molecule has 1 heterocycles. The van der Waals surface area contributed by atoms with Gasteiger partial charge in [-0.3, -0.25) is 0 Å². The third-order valence-corrected chi connectivity index (χ3v) is 4.83. The van der Waals surface area contributed by atoms with Gasteiger partial charge >= 0.3 is 0 Å². The van der Waals surface area contributed by atoms with E-state index in [0.717, 1.165) is 32.1 Å². The standard InChI is InChI=1S/C16H24N2O2/c1-19-15-4-3-13(18-7-9-20-10-8-18)11-14(15)16(12-17)5-2-6-16/h3-4,11H,2,5-10,12,17H2,1H3. The number of anilines is 1. The van der Waals surface area contributed by atoms with Crippen LogP contribution < -0.4 is 15.4 Å². The van der Waals surface area contributed by atoms with Gasteiger partial charge in [-0.25, -0.2) is 0 Å². The second kappa shape index (κ2) is 5.62. The molecule has 2 aliphatic rings. The first kappa shape index (κ1) is 13.7. The fourth-order valence-corrected chi connectivity index (χ4v) is 3.32. The molecule has 2 fully saturated rings. The van der Waals surface area contributed by atoms with Crippen LogP contribution in [0.4, 0.5) is 5.69 Å². The Hall–Kier alpha value is -1.26. The molecule has 1 aliphatic carbocycles. The summed E-state index contributed by atoms with van der Waals surface area (Å²) in [6, 6.07) is 6.53. The van der Waals surface area contributed by atoms with Gasteiger partial charge < -0.3 is 20.1 Å². The monoisotopic (exact) mass is 276 g/mol. The van der Waals surface area contributed by atoms with Crippen LogP contribution in [0.2, 0.25) is 0 Å². The summed E-state index contributed by atoms with van der Waals surface area (Å²) >= 11 is 0. The Bertz CT molecular complexity index is 460. The van der Waals surface area contributed by atoms with Crippen LogP contribution in [-0.4, -0.2) is 40.0 Å². The number of hydrogen-bond acceptors (Lipinski definition) is 4. The first-order chi connectivity index (χ1) is 9.79.